The fourth-order valence-corrected chi connectivity index (χ4v) is 4.27. The standard InChI is InChI=1S/C26H29F3N6O/c1-16-13-30-11-9-22(16)34-23-8-4-7-20-21(23)12-19(33-24(20)17(2)26(27,28)29)6-5-10-31-25(36)18-14-32-35(3)15-18/h4-8,12,14-16,22,30,34H,2,9-11,13H2,1,3H3,(H,31,36)/b6-5+/t16-,22-/m1/s1. The van der Waals surface area contributed by atoms with Gasteiger partial charge < -0.3 is 16.0 Å². The molecule has 3 aromatic rings. The molecular weight excluding hydrogens is 469 g/mol. The Labute approximate surface area is 207 Å². The Kier molecular flexibility index (Phi) is 7.44. The lowest BCUT2D eigenvalue weighted by Gasteiger charge is -2.31. The largest absolute Gasteiger partial charge is 0.417 e. The number of allylic oxidation sites excluding steroid dienone is 1. The summed E-state index contributed by atoms with van der Waals surface area (Å²) in [6, 6.07) is 7.19. The zero-order chi connectivity index (χ0) is 25.9. The number of fused-ring (bicyclic) bond motifs is 1. The summed E-state index contributed by atoms with van der Waals surface area (Å²) < 4.78 is 42.5. The number of carbonyl (C=O) groups excluding carboxylic acids is 1. The van der Waals surface area contributed by atoms with Crippen molar-refractivity contribution in [2.75, 3.05) is 25.0 Å². The molecule has 0 aliphatic carbocycles. The Morgan fingerprint density at radius 1 is 1.33 bits per heavy atom. The molecule has 2 atom stereocenters. The van der Waals surface area contributed by atoms with Gasteiger partial charge in [-0.1, -0.05) is 31.7 Å². The van der Waals surface area contributed by atoms with E-state index >= 15 is 0 Å². The zero-order valence-electron chi connectivity index (χ0n) is 20.2. The molecule has 10 heteroatoms. The number of pyridine rings is 1. The van der Waals surface area contributed by atoms with E-state index in [2.05, 4.69) is 39.5 Å². The Hall–Kier alpha value is -3.66. The number of rotatable bonds is 7. The van der Waals surface area contributed by atoms with Crippen LogP contribution in [-0.2, 0) is 7.05 Å². The number of nitrogens with one attached hydrogen (secondary N) is 3. The average Bonchev–Trinajstić information content (AvgIpc) is 3.28. The first-order valence-electron chi connectivity index (χ1n) is 11.7. The van der Waals surface area contributed by atoms with Gasteiger partial charge in [-0.15, -0.1) is 0 Å². The monoisotopic (exact) mass is 498 g/mol. The molecule has 1 fully saturated rings. The van der Waals surface area contributed by atoms with Gasteiger partial charge in [-0.05, 0) is 43.6 Å². The number of hydrogen-bond donors (Lipinski definition) is 3. The SMILES string of the molecule is C=C(c1nc(/C=C/CNC(=O)c2cnn(C)c2)cc2c(N[C@@H]3CCNC[C@H]3C)cccc12)C(F)(F)F. The molecule has 0 spiro atoms. The summed E-state index contributed by atoms with van der Waals surface area (Å²) in [6.45, 7) is 7.36. The van der Waals surface area contributed by atoms with E-state index in [4.69, 9.17) is 0 Å². The minimum Gasteiger partial charge on any atom is -0.381 e. The van der Waals surface area contributed by atoms with Gasteiger partial charge in [0, 0.05) is 42.3 Å². The molecule has 1 amide bonds. The van der Waals surface area contributed by atoms with E-state index < -0.39 is 11.7 Å². The number of carbonyl (C=O) groups is 1. The number of halogens is 3. The number of anilines is 1. The molecule has 4 rings (SSSR count). The van der Waals surface area contributed by atoms with Crippen LogP contribution in [0.2, 0.25) is 0 Å². The van der Waals surface area contributed by atoms with Gasteiger partial charge in [-0.2, -0.15) is 18.3 Å². The molecule has 1 aromatic carbocycles. The van der Waals surface area contributed by atoms with E-state index in [-0.39, 0.29) is 24.2 Å². The highest BCUT2D eigenvalue weighted by Crippen LogP contribution is 2.37. The van der Waals surface area contributed by atoms with Crippen molar-refractivity contribution in [2.24, 2.45) is 13.0 Å². The number of alkyl halides is 3. The maximum absolute atomic E-state index is 13.6. The second kappa shape index (κ2) is 10.5. The first-order chi connectivity index (χ1) is 17.1. The van der Waals surface area contributed by atoms with Gasteiger partial charge in [0.2, 0.25) is 0 Å². The van der Waals surface area contributed by atoms with Crippen LogP contribution in [-0.4, -0.2) is 52.5 Å². The summed E-state index contributed by atoms with van der Waals surface area (Å²) in [6.07, 6.45) is 2.59. The van der Waals surface area contributed by atoms with Crippen LogP contribution in [0.5, 0.6) is 0 Å². The highest BCUT2D eigenvalue weighted by atomic mass is 19.4. The van der Waals surface area contributed by atoms with Crippen LogP contribution in [0.25, 0.3) is 22.4 Å². The maximum Gasteiger partial charge on any atom is 0.417 e. The number of aromatic nitrogens is 3. The molecule has 190 valence electrons. The highest BCUT2D eigenvalue weighted by Gasteiger charge is 2.35. The fraction of sp³-hybridized carbons (Fsp3) is 0.346. The van der Waals surface area contributed by atoms with Gasteiger partial charge in [0.1, 0.15) is 0 Å². The minimum atomic E-state index is -4.62. The lowest BCUT2D eigenvalue weighted by Crippen LogP contribution is -2.42. The van der Waals surface area contributed by atoms with Crippen molar-refractivity contribution >= 4 is 34.0 Å². The van der Waals surface area contributed by atoms with Gasteiger partial charge in [-0.25, -0.2) is 4.98 Å². The molecule has 2 aromatic heterocycles. The number of hydrogen-bond acceptors (Lipinski definition) is 5. The predicted octanol–water partition coefficient (Wildman–Crippen LogP) is 4.40. The number of piperidine rings is 1. The van der Waals surface area contributed by atoms with Crippen LogP contribution in [0.15, 0.2) is 49.3 Å². The molecule has 3 N–H and O–H groups in total. The van der Waals surface area contributed by atoms with E-state index in [0.717, 1.165) is 25.2 Å². The van der Waals surface area contributed by atoms with E-state index in [1.54, 1.807) is 43.6 Å². The van der Waals surface area contributed by atoms with Gasteiger partial charge in [0.25, 0.3) is 5.91 Å². The van der Waals surface area contributed by atoms with Gasteiger partial charge in [-0.3, -0.25) is 9.48 Å². The number of aryl methyl sites for hydroxylation is 1. The van der Waals surface area contributed by atoms with E-state index in [1.807, 2.05) is 6.07 Å². The van der Waals surface area contributed by atoms with Crippen LogP contribution >= 0.6 is 0 Å². The summed E-state index contributed by atoms with van der Waals surface area (Å²) in [5.74, 6) is 0.0659. The second-order valence-corrected chi connectivity index (χ2v) is 9.01. The molecular formula is C26H29F3N6O. The van der Waals surface area contributed by atoms with E-state index in [1.165, 1.54) is 10.9 Å². The molecule has 0 unspecified atom stereocenters. The molecule has 0 bridgehead atoms. The molecule has 1 aliphatic heterocycles. The first kappa shape index (κ1) is 25.4. The smallest absolute Gasteiger partial charge is 0.381 e. The van der Waals surface area contributed by atoms with Crippen molar-refractivity contribution in [1.82, 2.24) is 25.4 Å². The maximum atomic E-state index is 13.6. The molecule has 1 saturated heterocycles. The Morgan fingerprint density at radius 3 is 2.83 bits per heavy atom. The Bertz CT molecular complexity index is 1300. The third-order valence-electron chi connectivity index (χ3n) is 6.28. The van der Waals surface area contributed by atoms with Crippen LogP contribution in [0, 0.1) is 5.92 Å². The summed E-state index contributed by atoms with van der Waals surface area (Å²) >= 11 is 0. The predicted molar refractivity (Wildman–Crippen MR) is 135 cm³/mol. The zero-order valence-corrected chi connectivity index (χ0v) is 20.2. The number of benzene rings is 1. The van der Waals surface area contributed by atoms with Crippen molar-refractivity contribution in [2.45, 2.75) is 25.6 Å². The summed E-state index contributed by atoms with van der Waals surface area (Å²) in [5.41, 5.74) is 0.304. The van der Waals surface area contributed by atoms with Crippen molar-refractivity contribution in [3.63, 3.8) is 0 Å². The highest BCUT2D eigenvalue weighted by molar-refractivity contribution is 6.01. The van der Waals surface area contributed by atoms with Gasteiger partial charge in [0.15, 0.2) is 0 Å². The lowest BCUT2D eigenvalue weighted by atomic mass is 9.94. The first-order valence-corrected chi connectivity index (χ1v) is 11.7. The quantitative estimate of drug-likeness (QED) is 0.450. The van der Waals surface area contributed by atoms with E-state index in [0.29, 0.717) is 27.9 Å². The minimum absolute atomic E-state index is 0.176. The second-order valence-electron chi connectivity index (χ2n) is 9.01. The number of amides is 1. The summed E-state index contributed by atoms with van der Waals surface area (Å²) in [4.78, 5) is 16.5. The number of nitrogens with zero attached hydrogens (tertiary/aromatic N) is 3. The normalized spacial score (nSPS) is 18.5. The van der Waals surface area contributed by atoms with Crippen molar-refractivity contribution in [1.29, 1.82) is 0 Å². The molecule has 1 aliphatic rings. The van der Waals surface area contributed by atoms with Gasteiger partial charge in [0.05, 0.1) is 28.7 Å². The fourth-order valence-electron chi connectivity index (χ4n) is 4.27. The van der Waals surface area contributed by atoms with Crippen LogP contribution in [0.4, 0.5) is 18.9 Å². The van der Waals surface area contributed by atoms with Crippen LogP contribution in [0.1, 0.15) is 35.1 Å². The third kappa shape index (κ3) is 5.76. The average molecular weight is 499 g/mol. The lowest BCUT2D eigenvalue weighted by molar-refractivity contribution is -0.0688. The van der Waals surface area contributed by atoms with Crippen molar-refractivity contribution in [3.8, 4) is 0 Å². The van der Waals surface area contributed by atoms with Crippen LogP contribution in [0.3, 0.4) is 0 Å². The van der Waals surface area contributed by atoms with Crippen molar-refractivity contribution in [3.05, 3.63) is 66.3 Å². The van der Waals surface area contributed by atoms with Crippen LogP contribution < -0.4 is 16.0 Å². The Balaban J connectivity index is 1.64. The third-order valence-corrected chi connectivity index (χ3v) is 6.28. The molecule has 7 nitrogen and oxygen atoms in total. The molecule has 3 heterocycles. The topological polar surface area (TPSA) is 83.9 Å². The summed E-state index contributed by atoms with van der Waals surface area (Å²) in [5, 5.41) is 14.6. The molecule has 36 heavy (non-hydrogen) atoms. The summed E-state index contributed by atoms with van der Waals surface area (Å²) in [7, 11) is 1.71. The molecule has 0 radical (unpaired) electrons. The Morgan fingerprint density at radius 2 is 2.14 bits per heavy atom. The van der Waals surface area contributed by atoms with Gasteiger partial charge >= 0.3 is 6.18 Å². The van der Waals surface area contributed by atoms with E-state index in [9.17, 15) is 18.0 Å². The van der Waals surface area contributed by atoms with Crippen molar-refractivity contribution < 1.29 is 18.0 Å². The molecule has 0 saturated carbocycles.